The van der Waals surface area contributed by atoms with Crippen molar-refractivity contribution in [3.05, 3.63) is 94.4 Å². The molecule has 0 bridgehead atoms. The van der Waals surface area contributed by atoms with Gasteiger partial charge in [0.15, 0.2) is 5.82 Å². The van der Waals surface area contributed by atoms with E-state index < -0.39 is 0 Å². The lowest BCUT2D eigenvalue weighted by molar-refractivity contribution is 0.287. The molecule has 0 N–H and O–H groups in total. The van der Waals surface area contributed by atoms with Crippen molar-refractivity contribution >= 4 is 17.1 Å². The van der Waals surface area contributed by atoms with Gasteiger partial charge in [-0.1, -0.05) is 30.3 Å². The lowest BCUT2D eigenvalue weighted by Crippen LogP contribution is -2.23. The number of aromatic nitrogens is 2. The van der Waals surface area contributed by atoms with Gasteiger partial charge in [0.05, 0.1) is 23.4 Å². The molecule has 0 fully saturated rings. The third-order valence-corrected chi connectivity index (χ3v) is 4.11. The van der Waals surface area contributed by atoms with E-state index in [4.69, 9.17) is 9.15 Å². The molecule has 0 atom stereocenters. The number of fused-ring (bicyclic) bond motifs is 1. The highest BCUT2D eigenvalue weighted by atomic mass is 16.5. The van der Waals surface area contributed by atoms with Crippen LogP contribution in [0.5, 0.6) is 5.75 Å². The molecule has 0 saturated carbocycles. The number of hydrogen-bond acceptors (Lipinski definition) is 5. The zero-order valence-electron chi connectivity index (χ0n) is 14.7. The summed E-state index contributed by atoms with van der Waals surface area (Å²) in [5.41, 5.74) is 1.35. The highest BCUT2D eigenvalue weighted by Gasteiger charge is 2.11. The van der Waals surface area contributed by atoms with Crippen LogP contribution in [0.25, 0.3) is 10.9 Å². The van der Waals surface area contributed by atoms with E-state index >= 15 is 0 Å². The fraction of sp³-hybridized carbons (Fsp3) is 0.0952. The van der Waals surface area contributed by atoms with Gasteiger partial charge in [-0.05, 0) is 42.8 Å². The van der Waals surface area contributed by atoms with Crippen LogP contribution < -0.4 is 10.3 Å². The second-order valence-electron chi connectivity index (χ2n) is 5.98. The van der Waals surface area contributed by atoms with E-state index in [0.29, 0.717) is 22.5 Å². The van der Waals surface area contributed by atoms with Gasteiger partial charge in [0, 0.05) is 0 Å². The molecule has 0 amide bonds. The number of aryl methyl sites for hydroxylation is 1. The van der Waals surface area contributed by atoms with Crippen molar-refractivity contribution in [3.63, 3.8) is 0 Å². The monoisotopic (exact) mass is 359 g/mol. The largest absolute Gasteiger partial charge is 0.485 e. The zero-order valence-corrected chi connectivity index (χ0v) is 14.7. The number of hydrogen-bond donors (Lipinski definition) is 0. The van der Waals surface area contributed by atoms with Crippen LogP contribution in [0.1, 0.15) is 17.1 Å². The first-order valence-corrected chi connectivity index (χ1v) is 8.49. The fourth-order valence-corrected chi connectivity index (χ4v) is 2.72. The normalized spacial score (nSPS) is 11.3. The number of nitrogens with zero attached hydrogens (tertiary/aromatic N) is 3. The summed E-state index contributed by atoms with van der Waals surface area (Å²) in [6.07, 6.45) is 3.03. The van der Waals surface area contributed by atoms with Crippen LogP contribution in [0.3, 0.4) is 0 Å². The highest BCUT2D eigenvalue weighted by Crippen LogP contribution is 2.18. The average Bonchev–Trinajstić information content (AvgIpc) is 3.20. The Labute approximate surface area is 155 Å². The summed E-state index contributed by atoms with van der Waals surface area (Å²) < 4.78 is 12.4. The summed E-state index contributed by atoms with van der Waals surface area (Å²) in [7, 11) is 0. The molecule has 6 heteroatoms. The third-order valence-electron chi connectivity index (χ3n) is 4.11. The lowest BCUT2D eigenvalue weighted by Gasteiger charge is -2.11. The quantitative estimate of drug-likeness (QED) is 0.509. The van der Waals surface area contributed by atoms with Crippen molar-refractivity contribution in [2.75, 3.05) is 0 Å². The number of para-hydroxylation sites is 2. The number of ether oxygens (including phenoxy) is 1. The molecular formula is C21H17N3O3. The first kappa shape index (κ1) is 16.8. The van der Waals surface area contributed by atoms with Gasteiger partial charge >= 0.3 is 0 Å². The molecule has 2 heterocycles. The van der Waals surface area contributed by atoms with Crippen LogP contribution in [-0.4, -0.2) is 15.9 Å². The summed E-state index contributed by atoms with van der Waals surface area (Å²) in [5.74, 6) is 1.69. The minimum atomic E-state index is -0.258. The van der Waals surface area contributed by atoms with Crippen molar-refractivity contribution in [1.82, 2.24) is 9.66 Å². The van der Waals surface area contributed by atoms with Gasteiger partial charge in [0.25, 0.3) is 5.56 Å². The Hall–Kier alpha value is -3.67. The fourth-order valence-electron chi connectivity index (χ4n) is 2.72. The molecule has 4 aromatic rings. The molecule has 2 aromatic heterocycles. The van der Waals surface area contributed by atoms with E-state index in [9.17, 15) is 4.79 Å². The first-order chi connectivity index (χ1) is 13.2. The summed E-state index contributed by atoms with van der Waals surface area (Å²) in [4.78, 5) is 17.5. The second-order valence-corrected chi connectivity index (χ2v) is 5.98. The Morgan fingerprint density at radius 1 is 1.11 bits per heavy atom. The maximum absolute atomic E-state index is 12.9. The predicted molar refractivity (Wildman–Crippen MR) is 103 cm³/mol. The molecule has 27 heavy (non-hydrogen) atoms. The molecule has 134 valence electrons. The minimum absolute atomic E-state index is 0.112. The van der Waals surface area contributed by atoms with Gasteiger partial charge in [-0.25, -0.2) is 4.98 Å². The van der Waals surface area contributed by atoms with Crippen molar-refractivity contribution in [1.29, 1.82) is 0 Å². The van der Waals surface area contributed by atoms with E-state index in [-0.39, 0.29) is 12.2 Å². The Morgan fingerprint density at radius 3 is 2.74 bits per heavy atom. The third kappa shape index (κ3) is 3.50. The molecule has 0 spiro atoms. The first-order valence-electron chi connectivity index (χ1n) is 8.49. The van der Waals surface area contributed by atoms with E-state index in [2.05, 4.69) is 10.1 Å². The van der Waals surface area contributed by atoms with Gasteiger partial charge in [0.2, 0.25) is 0 Å². The molecule has 4 rings (SSSR count). The van der Waals surface area contributed by atoms with Gasteiger partial charge in [0.1, 0.15) is 18.1 Å². The van der Waals surface area contributed by atoms with Gasteiger partial charge in [-0.2, -0.15) is 9.78 Å². The number of furan rings is 1. The maximum atomic E-state index is 12.9. The minimum Gasteiger partial charge on any atom is -0.485 e. The van der Waals surface area contributed by atoms with Crippen molar-refractivity contribution in [2.45, 2.75) is 13.5 Å². The molecule has 2 aromatic carbocycles. The molecule has 0 aliphatic rings. The zero-order chi connectivity index (χ0) is 18.6. The number of rotatable bonds is 5. The van der Waals surface area contributed by atoms with Crippen LogP contribution in [0.15, 0.2) is 81.2 Å². The maximum Gasteiger partial charge on any atom is 0.282 e. The van der Waals surface area contributed by atoms with E-state index in [1.165, 1.54) is 10.9 Å². The highest BCUT2D eigenvalue weighted by molar-refractivity contribution is 5.78. The number of benzene rings is 2. The molecule has 6 nitrogen and oxygen atoms in total. The Kier molecular flexibility index (Phi) is 4.53. The van der Waals surface area contributed by atoms with Gasteiger partial charge in [-0.15, -0.1) is 0 Å². The van der Waals surface area contributed by atoms with Crippen LogP contribution in [0.2, 0.25) is 0 Å². The summed E-state index contributed by atoms with van der Waals surface area (Å²) in [6, 6.07) is 18.4. The lowest BCUT2D eigenvalue weighted by atomic mass is 10.2. The molecule has 0 aliphatic carbocycles. The van der Waals surface area contributed by atoms with Gasteiger partial charge in [-0.3, -0.25) is 4.79 Å². The van der Waals surface area contributed by atoms with Crippen LogP contribution >= 0.6 is 0 Å². The second kappa shape index (κ2) is 7.29. The smallest absolute Gasteiger partial charge is 0.282 e. The molecule has 0 unspecified atom stereocenters. The van der Waals surface area contributed by atoms with Crippen LogP contribution in [0, 0.1) is 6.92 Å². The summed E-state index contributed by atoms with van der Waals surface area (Å²) in [6.45, 7) is 2.08. The van der Waals surface area contributed by atoms with Crippen molar-refractivity contribution in [3.8, 4) is 5.75 Å². The standard InChI is InChI=1S/C21H17N3O3/c1-15-7-2-5-11-19(15)27-14-20-23-18-10-4-3-9-17(18)21(25)24(20)22-13-16-8-6-12-26-16/h2-13H,14H2,1H3/b22-13+. The summed E-state index contributed by atoms with van der Waals surface area (Å²) >= 11 is 0. The Balaban J connectivity index is 1.76. The van der Waals surface area contributed by atoms with E-state index in [1.807, 2.05) is 37.3 Å². The Morgan fingerprint density at radius 2 is 1.93 bits per heavy atom. The molecular weight excluding hydrogens is 342 g/mol. The summed E-state index contributed by atoms with van der Waals surface area (Å²) in [5, 5.41) is 4.77. The SMILES string of the molecule is Cc1ccccc1OCc1nc2ccccc2c(=O)n1/N=C/c1ccco1. The van der Waals surface area contributed by atoms with E-state index in [0.717, 1.165) is 11.3 Å². The van der Waals surface area contributed by atoms with E-state index in [1.54, 1.807) is 36.6 Å². The van der Waals surface area contributed by atoms with Crippen LogP contribution in [-0.2, 0) is 6.61 Å². The molecule has 0 aliphatic heterocycles. The van der Waals surface area contributed by atoms with Crippen molar-refractivity contribution in [2.24, 2.45) is 5.10 Å². The van der Waals surface area contributed by atoms with Gasteiger partial charge < -0.3 is 9.15 Å². The van der Waals surface area contributed by atoms with Crippen molar-refractivity contribution < 1.29 is 9.15 Å². The topological polar surface area (TPSA) is 69.6 Å². The van der Waals surface area contributed by atoms with Crippen LogP contribution in [0.4, 0.5) is 0 Å². The average molecular weight is 359 g/mol. The molecule has 0 saturated heterocycles. The predicted octanol–water partition coefficient (Wildman–Crippen LogP) is 3.76. The Bertz CT molecular complexity index is 1160. The molecule has 0 radical (unpaired) electrons.